The summed E-state index contributed by atoms with van der Waals surface area (Å²) in [6.45, 7) is 4.10. The second-order valence-corrected chi connectivity index (χ2v) is 4.19. The predicted molar refractivity (Wildman–Crippen MR) is 54.4 cm³/mol. The van der Waals surface area contributed by atoms with Crippen molar-refractivity contribution in [1.29, 1.82) is 0 Å². The van der Waals surface area contributed by atoms with Crippen molar-refractivity contribution in [1.82, 2.24) is 0 Å². The molecule has 1 aliphatic rings. The number of esters is 1. The van der Waals surface area contributed by atoms with Gasteiger partial charge in [-0.1, -0.05) is 13.8 Å². The standard InChI is InChI=1S/C11H18O4/c1-7(2)9-5-4-8(12)10(15-9)6-11(13)14-3/h7,9-10H,4-6H2,1-3H3/t9-,10-/m1/s1. The first-order valence-corrected chi connectivity index (χ1v) is 5.29. The summed E-state index contributed by atoms with van der Waals surface area (Å²) in [7, 11) is 1.32. The smallest absolute Gasteiger partial charge is 0.308 e. The van der Waals surface area contributed by atoms with Gasteiger partial charge in [0.25, 0.3) is 0 Å². The number of carbonyl (C=O) groups excluding carboxylic acids is 2. The van der Waals surface area contributed by atoms with Crippen LogP contribution in [0.5, 0.6) is 0 Å². The predicted octanol–water partition coefficient (Wildman–Crippen LogP) is 1.32. The van der Waals surface area contributed by atoms with Gasteiger partial charge in [0, 0.05) is 6.42 Å². The number of Topliss-reactive ketones (excluding diaryl/α,β-unsaturated/α-hetero) is 1. The van der Waals surface area contributed by atoms with E-state index in [1.807, 2.05) is 0 Å². The number of rotatable bonds is 3. The largest absolute Gasteiger partial charge is 0.469 e. The van der Waals surface area contributed by atoms with E-state index in [0.29, 0.717) is 12.3 Å². The second kappa shape index (κ2) is 5.26. The maximum Gasteiger partial charge on any atom is 0.308 e. The van der Waals surface area contributed by atoms with Gasteiger partial charge in [-0.25, -0.2) is 0 Å². The Morgan fingerprint density at radius 3 is 2.80 bits per heavy atom. The summed E-state index contributed by atoms with van der Waals surface area (Å²) in [6.07, 6.45) is 0.785. The van der Waals surface area contributed by atoms with Gasteiger partial charge in [0.2, 0.25) is 0 Å². The van der Waals surface area contributed by atoms with Crippen molar-refractivity contribution in [2.75, 3.05) is 7.11 Å². The van der Waals surface area contributed by atoms with Crippen LogP contribution in [0.4, 0.5) is 0 Å². The van der Waals surface area contributed by atoms with E-state index in [2.05, 4.69) is 18.6 Å². The van der Waals surface area contributed by atoms with Crippen LogP contribution >= 0.6 is 0 Å². The van der Waals surface area contributed by atoms with Crippen LogP contribution in [0.3, 0.4) is 0 Å². The third-order valence-corrected chi connectivity index (χ3v) is 2.70. The lowest BCUT2D eigenvalue weighted by Gasteiger charge is -2.30. The minimum atomic E-state index is -0.599. The first-order chi connectivity index (χ1) is 7.04. The molecule has 0 aromatic carbocycles. The first kappa shape index (κ1) is 12.2. The van der Waals surface area contributed by atoms with E-state index >= 15 is 0 Å². The van der Waals surface area contributed by atoms with Gasteiger partial charge in [-0.15, -0.1) is 0 Å². The van der Waals surface area contributed by atoms with Crippen LogP contribution in [-0.2, 0) is 19.1 Å². The Balaban J connectivity index is 2.53. The third-order valence-electron chi connectivity index (χ3n) is 2.70. The highest BCUT2D eigenvalue weighted by Gasteiger charge is 2.32. The Morgan fingerprint density at radius 2 is 2.27 bits per heavy atom. The quantitative estimate of drug-likeness (QED) is 0.665. The van der Waals surface area contributed by atoms with Crippen molar-refractivity contribution in [2.24, 2.45) is 5.92 Å². The zero-order chi connectivity index (χ0) is 11.4. The zero-order valence-corrected chi connectivity index (χ0v) is 9.49. The van der Waals surface area contributed by atoms with Crippen LogP contribution in [-0.4, -0.2) is 31.1 Å². The molecule has 4 nitrogen and oxygen atoms in total. The Kier molecular flexibility index (Phi) is 4.27. The molecule has 0 aromatic rings. The van der Waals surface area contributed by atoms with Gasteiger partial charge in [-0.2, -0.15) is 0 Å². The minimum absolute atomic E-state index is 0.0114. The summed E-state index contributed by atoms with van der Waals surface area (Å²) < 4.78 is 10.1. The molecular formula is C11H18O4. The monoisotopic (exact) mass is 214 g/mol. The molecule has 0 bridgehead atoms. The average Bonchev–Trinajstić information content (AvgIpc) is 2.20. The summed E-state index contributed by atoms with van der Waals surface area (Å²) >= 11 is 0. The Labute approximate surface area is 89.9 Å². The summed E-state index contributed by atoms with van der Waals surface area (Å²) in [6, 6.07) is 0. The molecule has 1 fully saturated rings. The highest BCUT2D eigenvalue weighted by molar-refractivity contribution is 5.87. The van der Waals surface area contributed by atoms with Crippen LogP contribution in [0.15, 0.2) is 0 Å². The van der Waals surface area contributed by atoms with Crippen molar-refractivity contribution in [3.8, 4) is 0 Å². The zero-order valence-electron chi connectivity index (χ0n) is 9.49. The molecule has 0 saturated carbocycles. The summed E-state index contributed by atoms with van der Waals surface area (Å²) in [5.74, 6) is -0.00620. The van der Waals surface area contributed by atoms with E-state index in [4.69, 9.17) is 4.74 Å². The molecule has 2 atom stereocenters. The van der Waals surface area contributed by atoms with Gasteiger partial charge in [0.1, 0.15) is 6.10 Å². The SMILES string of the molecule is COC(=O)C[C@H]1O[C@@H](C(C)C)CCC1=O. The van der Waals surface area contributed by atoms with E-state index in [1.54, 1.807) is 0 Å². The van der Waals surface area contributed by atoms with Gasteiger partial charge < -0.3 is 9.47 Å². The number of ketones is 1. The lowest BCUT2D eigenvalue weighted by molar-refractivity contribution is -0.157. The van der Waals surface area contributed by atoms with Gasteiger partial charge in [-0.3, -0.25) is 9.59 Å². The van der Waals surface area contributed by atoms with E-state index < -0.39 is 12.1 Å². The molecule has 0 spiro atoms. The maximum atomic E-state index is 11.5. The first-order valence-electron chi connectivity index (χ1n) is 5.29. The molecule has 0 N–H and O–H groups in total. The number of methoxy groups -OCH3 is 1. The normalized spacial score (nSPS) is 26.8. The molecule has 0 amide bonds. The van der Waals surface area contributed by atoms with Crippen LogP contribution in [0.2, 0.25) is 0 Å². The molecule has 0 aliphatic carbocycles. The van der Waals surface area contributed by atoms with Crippen molar-refractivity contribution in [3.05, 3.63) is 0 Å². The number of hydrogen-bond donors (Lipinski definition) is 0. The van der Waals surface area contributed by atoms with Gasteiger partial charge in [0.05, 0.1) is 19.6 Å². The van der Waals surface area contributed by atoms with E-state index in [-0.39, 0.29) is 18.3 Å². The molecule has 4 heteroatoms. The van der Waals surface area contributed by atoms with E-state index in [0.717, 1.165) is 6.42 Å². The Morgan fingerprint density at radius 1 is 1.60 bits per heavy atom. The van der Waals surface area contributed by atoms with E-state index in [9.17, 15) is 9.59 Å². The molecule has 15 heavy (non-hydrogen) atoms. The molecule has 1 aliphatic heterocycles. The molecule has 1 heterocycles. The lowest BCUT2D eigenvalue weighted by Crippen LogP contribution is -2.39. The fourth-order valence-electron chi connectivity index (χ4n) is 1.69. The molecule has 86 valence electrons. The molecule has 1 rings (SSSR count). The second-order valence-electron chi connectivity index (χ2n) is 4.19. The fourth-order valence-corrected chi connectivity index (χ4v) is 1.69. The number of carbonyl (C=O) groups is 2. The molecular weight excluding hydrogens is 196 g/mol. The van der Waals surface area contributed by atoms with Gasteiger partial charge in [0.15, 0.2) is 5.78 Å². The van der Waals surface area contributed by atoms with Crippen molar-refractivity contribution >= 4 is 11.8 Å². The summed E-state index contributed by atoms with van der Waals surface area (Å²) in [4.78, 5) is 22.5. The number of hydrogen-bond acceptors (Lipinski definition) is 4. The van der Waals surface area contributed by atoms with Crippen LogP contribution in [0, 0.1) is 5.92 Å². The number of ether oxygens (including phenoxy) is 2. The van der Waals surface area contributed by atoms with Crippen LogP contribution in [0.1, 0.15) is 33.1 Å². The Hall–Kier alpha value is -0.900. The average molecular weight is 214 g/mol. The highest BCUT2D eigenvalue weighted by atomic mass is 16.5. The third kappa shape index (κ3) is 3.30. The van der Waals surface area contributed by atoms with Gasteiger partial charge >= 0.3 is 5.97 Å². The Bertz CT molecular complexity index is 247. The van der Waals surface area contributed by atoms with Crippen molar-refractivity contribution in [3.63, 3.8) is 0 Å². The molecule has 0 aromatic heterocycles. The van der Waals surface area contributed by atoms with Crippen LogP contribution in [0.25, 0.3) is 0 Å². The van der Waals surface area contributed by atoms with Crippen molar-refractivity contribution in [2.45, 2.75) is 45.3 Å². The summed E-state index contributed by atoms with van der Waals surface area (Å²) in [5, 5.41) is 0. The maximum absolute atomic E-state index is 11.5. The minimum Gasteiger partial charge on any atom is -0.469 e. The highest BCUT2D eigenvalue weighted by Crippen LogP contribution is 2.23. The van der Waals surface area contributed by atoms with Crippen molar-refractivity contribution < 1.29 is 19.1 Å². The molecule has 0 unspecified atom stereocenters. The van der Waals surface area contributed by atoms with E-state index in [1.165, 1.54) is 7.11 Å². The molecule has 1 saturated heterocycles. The van der Waals surface area contributed by atoms with Gasteiger partial charge in [-0.05, 0) is 12.3 Å². The lowest BCUT2D eigenvalue weighted by atomic mass is 9.94. The summed E-state index contributed by atoms with van der Waals surface area (Å²) in [5.41, 5.74) is 0. The van der Waals surface area contributed by atoms with Crippen LogP contribution < -0.4 is 0 Å². The molecule has 0 radical (unpaired) electrons. The fraction of sp³-hybridized carbons (Fsp3) is 0.818. The topological polar surface area (TPSA) is 52.6 Å².